The van der Waals surface area contributed by atoms with Crippen LogP contribution in [0.2, 0.25) is 0 Å². The highest BCUT2D eigenvalue weighted by Crippen LogP contribution is 2.16. The number of aromatic nitrogens is 2. The van der Waals surface area contributed by atoms with Crippen molar-refractivity contribution in [2.75, 3.05) is 50.8 Å². The van der Waals surface area contributed by atoms with Gasteiger partial charge in [0, 0.05) is 51.2 Å². The summed E-state index contributed by atoms with van der Waals surface area (Å²) in [4.78, 5) is 13.7. The van der Waals surface area contributed by atoms with Crippen LogP contribution in [0.15, 0.2) is 12.3 Å². The van der Waals surface area contributed by atoms with Gasteiger partial charge in [-0.05, 0) is 25.3 Å². The molecule has 2 aliphatic heterocycles. The first-order chi connectivity index (χ1) is 9.31. The minimum atomic E-state index is 0.738. The largest absolute Gasteiger partial charge is 0.381 e. The van der Waals surface area contributed by atoms with Crippen molar-refractivity contribution in [2.45, 2.75) is 13.3 Å². The molecule has 0 N–H and O–H groups in total. The van der Waals surface area contributed by atoms with Gasteiger partial charge in [-0.15, -0.1) is 0 Å². The second-order valence-corrected chi connectivity index (χ2v) is 5.52. The van der Waals surface area contributed by atoms with Crippen molar-refractivity contribution in [3.8, 4) is 0 Å². The third-order valence-corrected chi connectivity index (χ3v) is 3.98. The zero-order valence-corrected chi connectivity index (χ0v) is 11.6. The maximum absolute atomic E-state index is 5.45. The fourth-order valence-corrected chi connectivity index (χ4v) is 2.81. The average molecular weight is 262 g/mol. The Morgan fingerprint density at radius 1 is 1.32 bits per heavy atom. The molecule has 2 fully saturated rings. The summed E-state index contributed by atoms with van der Waals surface area (Å²) in [7, 11) is 0. The summed E-state index contributed by atoms with van der Waals surface area (Å²) < 4.78 is 5.45. The molecule has 5 heteroatoms. The summed E-state index contributed by atoms with van der Waals surface area (Å²) in [6.45, 7) is 9.35. The van der Waals surface area contributed by atoms with Crippen LogP contribution in [0.25, 0.3) is 0 Å². The van der Waals surface area contributed by atoms with E-state index in [1.54, 1.807) is 0 Å². The quantitative estimate of drug-likeness (QED) is 0.811. The van der Waals surface area contributed by atoms with Crippen LogP contribution >= 0.6 is 0 Å². The Morgan fingerprint density at radius 3 is 2.84 bits per heavy atom. The van der Waals surface area contributed by atoms with Gasteiger partial charge in [0.25, 0.3) is 0 Å². The number of anilines is 1. The number of aryl methyl sites for hydroxylation is 1. The van der Waals surface area contributed by atoms with Crippen LogP contribution < -0.4 is 4.90 Å². The highest BCUT2D eigenvalue weighted by atomic mass is 16.5. The SMILES string of the molecule is Cc1ccnc(N2CCN(CC3CCOC3)CC2)n1. The van der Waals surface area contributed by atoms with Crippen molar-refractivity contribution >= 4 is 5.95 Å². The standard InChI is InChI=1S/C14H22N4O/c1-12-2-4-15-14(16-12)18-7-5-17(6-8-18)10-13-3-9-19-11-13/h2,4,13H,3,5-11H2,1H3. The van der Waals surface area contributed by atoms with Crippen LogP contribution in [0.3, 0.4) is 0 Å². The molecule has 0 spiro atoms. The molecule has 0 aliphatic carbocycles. The van der Waals surface area contributed by atoms with Crippen molar-refractivity contribution in [1.29, 1.82) is 0 Å². The zero-order chi connectivity index (χ0) is 13.1. The lowest BCUT2D eigenvalue weighted by Crippen LogP contribution is -2.48. The molecular formula is C14H22N4O. The van der Waals surface area contributed by atoms with Gasteiger partial charge in [-0.25, -0.2) is 9.97 Å². The van der Waals surface area contributed by atoms with Gasteiger partial charge in [-0.3, -0.25) is 4.90 Å². The minimum Gasteiger partial charge on any atom is -0.381 e. The van der Waals surface area contributed by atoms with Crippen molar-refractivity contribution in [3.05, 3.63) is 18.0 Å². The lowest BCUT2D eigenvalue weighted by Gasteiger charge is -2.35. The fraction of sp³-hybridized carbons (Fsp3) is 0.714. The molecule has 3 rings (SSSR count). The fourth-order valence-electron chi connectivity index (χ4n) is 2.81. The predicted molar refractivity (Wildman–Crippen MR) is 74.3 cm³/mol. The molecule has 1 aromatic rings. The van der Waals surface area contributed by atoms with E-state index in [9.17, 15) is 0 Å². The summed E-state index contributed by atoms with van der Waals surface area (Å²) in [6, 6.07) is 1.94. The normalized spacial score (nSPS) is 24.9. The molecule has 0 radical (unpaired) electrons. The van der Waals surface area contributed by atoms with Crippen molar-refractivity contribution in [1.82, 2.24) is 14.9 Å². The third kappa shape index (κ3) is 3.22. The van der Waals surface area contributed by atoms with Gasteiger partial charge in [-0.2, -0.15) is 0 Å². The lowest BCUT2D eigenvalue weighted by atomic mass is 10.1. The Hall–Kier alpha value is -1.20. The van der Waals surface area contributed by atoms with Crippen molar-refractivity contribution in [3.63, 3.8) is 0 Å². The van der Waals surface area contributed by atoms with Crippen LogP contribution in [0, 0.1) is 12.8 Å². The van der Waals surface area contributed by atoms with Crippen LogP contribution in [0.4, 0.5) is 5.95 Å². The summed E-state index contributed by atoms with van der Waals surface area (Å²) in [6.07, 6.45) is 3.07. The smallest absolute Gasteiger partial charge is 0.225 e. The number of nitrogens with zero attached hydrogens (tertiary/aromatic N) is 4. The van der Waals surface area contributed by atoms with Crippen LogP contribution in [0.5, 0.6) is 0 Å². The Balaban J connectivity index is 1.51. The van der Waals surface area contributed by atoms with E-state index in [0.717, 1.165) is 57.0 Å². The summed E-state index contributed by atoms with van der Waals surface area (Å²) in [5.74, 6) is 1.62. The molecule has 0 amide bonds. The molecule has 104 valence electrons. The monoisotopic (exact) mass is 262 g/mol. The van der Waals surface area contributed by atoms with Gasteiger partial charge in [0.15, 0.2) is 0 Å². The second kappa shape index (κ2) is 5.84. The van der Waals surface area contributed by atoms with E-state index in [-0.39, 0.29) is 0 Å². The van der Waals surface area contributed by atoms with E-state index < -0.39 is 0 Å². The van der Waals surface area contributed by atoms with E-state index in [1.165, 1.54) is 13.0 Å². The number of hydrogen-bond donors (Lipinski definition) is 0. The van der Waals surface area contributed by atoms with Crippen molar-refractivity contribution < 1.29 is 4.74 Å². The molecule has 5 nitrogen and oxygen atoms in total. The highest BCUT2D eigenvalue weighted by Gasteiger charge is 2.23. The highest BCUT2D eigenvalue weighted by molar-refractivity contribution is 5.30. The molecule has 0 saturated carbocycles. The van der Waals surface area contributed by atoms with E-state index in [2.05, 4.69) is 19.8 Å². The summed E-state index contributed by atoms with van der Waals surface area (Å²) in [5.41, 5.74) is 1.04. The van der Waals surface area contributed by atoms with Gasteiger partial charge in [0.05, 0.1) is 6.61 Å². The minimum absolute atomic E-state index is 0.738. The molecular weight excluding hydrogens is 240 g/mol. The van der Waals surface area contributed by atoms with Crippen LogP contribution in [-0.4, -0.2) is 60.8 Å². The molecule has 1 atom stereocenters. The predicted octanol–water partition coefficient (Wildman–Crippen LogP) is 0.944. The molecule has 0 bridgehead atoms. The third-order valence-electron chi connectivity index (χ3n) is 3.98. The van der Waals surface area contributed by atoms with E-state index >= 15 is 0 Å². The summed E-state index contributed by atoms with van der Waals surface area (Å²) in [5, 5.41) is 0. The number of rotatable bonds is 3. The van der Waals surface area contributed by atoms with E-state index in [4.69, 9.17) is 4.74 Å². The van der Waals surface area contributed by atoms with Crippen molar-refractivity contribution in [2.24, 2.45) is 5.92 Å². The first-order valence-electron chi connectivity index (χ1n) is 7.16. The molecule has 19 heavy (non-hydrogen) atoms. The average Bonchev–Trinajstić information content (AvgIpc) is 2.92. The maximum Gasteiger partial charge on any atom is 0.225 e. The molecule has 3 heterocycles. The Bertz CT molecular complexity index is 412. The number of piperazine rings is 1. The van der Waals surface area contributed by atoms with Gasteiger partial charge in [0.2, 0.25) is 5.95 Å². The molecule has 2 aliphatic rings. The second-order valence-electron chi connectivity index (χ2n) is 5.52. The molecule has 2 saturated heterocycles. The molecule has 0 aromatic carbocycles. The Labute approximate surface area is 114 Å². The molecule has 1 unspecified atom stereocenters. The lowest BCUT2D eigenvalue weighted by molar-refractivity contribution is 0.164. The van der Waals surface area contributed by atoms with E-state index in [0.29, 0.717) is 0 Å². The van der Waals surface area contributed by atoms with E-state index in [1.807, 2.05) is 19.2 Å². The van der Waals surface area contributed by atoms with Gasteiger partial charge >= 0.3 is 0 Å². The summed E-state index contributed by atoms with van der Waals surface area (Å²) >= 11 is 0. The van der Waals surface area contributed by atoms with Gasteiger partial charge < -0.3 is 9.64 Å². The number of hydrogen-bond acceptors (Lipinski definition) is 5. The topological polar surface area (TPSA) is 41.5 Å². The van der Waals surface area contributed by atoms with Crippen LogP contribution in [0.1, 0.15) is 12.1 Å². The maximum atomic E-state index is 5.45. The Morgan fingerprint density at radius 2 is 2.16 bits per heavy atom. The molecule has 1 aromatic heterocycles. The number of ether oxygens (including phenoxy) is 1. The first kappa shape index (κ1) is 12.8. The van der Waals surface area contributed by atoms with Crippen LogP contribution in [-0.2, 0) is 4.74 Å². The van der Waals surface area contributed by atoms with Gasteiger partial charge in [0.1, 0.15) is 0 Å². The van der Waals surface area contributed by atoms with Gasteiger partial charge in [-0.1, -0.05) is 0 Å². The zero-order valence-electron chi connectivity index (χ0n) is 11.6. The Kier molecular flexibility index (Phi) is 3.94. The first-order valence-corrected chi connectivity index (χ1v) is 7.16.